The number of rotatable bonds is 6. The lowest BCUT2D eigenvalue weighted by atomic mass is 9.88. The molecule has 2 aromatic rings. The van der Waals surface area contributed by atoms with Gasteiger partial charge >= 0.3 is 11.9 Å². The number of ether oxygens (including phenoxy) is 2. The second kappa shape index (κ2) is 9.43. The second-order valence-electron chi connectivity index (χ2n) is 7.70. The van der Waals surface area contributed by atoms with Gasteiger partial charge in [-0.15, -0.1) is 11.3 Å². The Labute approximate surface area is 180 Å². The lowest BCUT2D eigenvalue weighted by Crippen LogP contribution is -2.22. The first-order chi connectivity index (χ1) is 14.3. The summed E-state index contributed by atoms with van der Waals surface area (Å²) in [6.45, 7) is 7.64. The van der Waals surface area contributed by atoms with Gasteiger partial charge in [0.25, 0.3) is 5.91 Å². The van der Waals surface area contributed by atoms with Crippen LogP contribution in [0.3, 0.4) is 0 Å². The predicted octanol–water partition coefficient (Wildman–Crippen LogP) is 4.46. The van der Waals surface area contributed by atoms with Crippen molar-refractivity contribution in [3.63, 3.8) is 0 Å². The van der Waals surface area contributed by atoms with Gasteiger partial charge in [0.1, 0.15) is 5.00 Å². The van der Waals surface area contributed by atoms with Crippen LogP contribution in [0.5, 0.6) is 0 Å². The van der Waals surface area contributed by atoms with E-state index in [1.54, 1.807) is 19.1 Å². The van der Waals surface area contributed by atoms with E-state index in [1.165, 1.54) is 11.3 Å². The first-order valence-electron chi connectivity index (χ1n) is 10.2. The molecular formula is C23H27NO5S. The number of amides is 1. The summed E-state index contributed by atoms with van der Waals surface area (Å²) in [6, 6.07) is 5.26. The molecule has 0 radical (unpaired) electrons. The van der Waals surface area contributed by atoms with Crippen molar-refractivity contribution in [1.82, 2.24) is 0 Å². The van der Waals surface area contributed by atoms with Gasteiger partial charge in [-0.05, 0) is 74.8 Å². The van der Waals surface area contributed by atoms with Crippen molar-refractivity contribution in [1.29, 1.82) is 0 Å². The van der Waals surface area contributed by atoms with Crippen LogP contribution in [0, 0.1) is 19.8 Å². The summed E-state index contributed by atoms with van der Waals surface area (Å²) in [5.74, 6) is -0.928. The highest BCUT2D eigenvalue weighted by molar-refractivity contribution is 7.17. The highest BCUT2D eigenvalue weighted by Crippen LogP contribution is 2.40. The molecule has 160 valence electrons. The molecule has 0 saturated carbocycles. The predicted molar refractivity (Wildman–Crippen MR) is 116 cm³/mol. The maximum atomic E-state index is 12.5. The molecule has 1 heterocycles. The number of esters is 2. The fourth-order valence-corrected chi connectivity index (χ4v) is 4.92. The van der Waals surface area contributed by atoms with Gasteiger partial charge in [-0.25, -0.2) is 9.59 Å². The molecule has 1 aromatic carbocycles. The van der Waals surface area contributed by atoms with Gasteiger partial charge in [-0.3, -0.25) is 4.79 Å². The molecule has 0 saturated heterocycles. The third kappa shape index (κ3) is 4.90. The Kier molecular flexibility index (Phi) is 6.92. The van der Waals surface area contributed by atoms with Crippen molar-refractivity contribution in [2.45, 2.75) is 47.0 Å². The summed E-state index contributed by atoms with van der Waals surface area (Å²) >= 11 is 1.41. The molecule has 1 N–H and O–H groups in total. The summed E-state index contributed by atoms with van der Waals surface area (Å²) in [5, 5.41) is 3.22. The minimum absolute atomic E-state index is 0.265. The molecule has 3 rings (SSSR count). The van der Waals surface area contributed by atoms with Crippen LogP contribution in [0.15, 0.2) is 18.2 Å². The van der Waals surface area contributed by atoms with Gasteiger partial charge < -0.3 is 14.8 Å². The standard InChI is InChI=1S/C23H27NO5S/c1-5-28-23(27)20-17-9-6-13(2)10-18(17)30-21(20)24-19(25)12-29-22(26)16-8-7-14(3)15(4)11-16/h7-8,11,13H,5-6,9-10,12H2,1-4H3,(H,24,25)/t13-/m1/s1. The number of carbonyl (C=O) groups is 3. The molecule has 1 aliphatic carbocycles. The summed E-state index contributed by atoms with van der Waals surface area (Å²) in [4.78, 5) is 38.3. The molecule has 30 heavy (non-hydrogen) atoms. The molecule has 0 spiro atoms. The highest BCUT2D eigenvalue weighted by atomic mass is 32.1. The second-order valence-corrected chi connectivity index (χ2v) is 8.80. The third-order valence-corrected chi connectivity index (χ3v) is 6.49. The van der Waals surface area contributed by atoms with Gasteiger partial charge in [-0.1, -0.05) is 13.0 Å². The molecule has 0 unspecified atom stereocenters. The van der Waals surface area contributed by atoms with Crippen molar-refractivity contribution < 1.29 is 23.9 Å². The Morgan fingerprint density at radius 3 is 2.60 bits per heavy atom. The first-order valence-corrected chi connectivity index (χ1v) is 11.0. The fourth-order valence-electron chi connectivity index (χ4n) is 3.50. The Bertz CT molecular complexity index is 978. The smallest absolute Gasteiger partial charge is 0.341 e. The molecule has 0 fully saturated rings. The maximum Gasteiger partial charge on any atom is 0.341 e. The molecule has 7 heteroatoms. The van der Waals surface area contributed by atoms with Crippen LogP contribution < -0.4 is 5.32 Å². The Hall–Kier alpha value is -2.67. The zero-order valence-electron chi connectivity index (χ0n) is 17.8. The lowest BCUT2D eigenvalue weighted by Gasteiger charge is -2.18. The van der Waals surface area contributed by atoms with Crippen LogP contribution >= 0.6 is 11.3 Å². The van der Waals surface area contributed by atoms with E-state index in [-0.39, 0.29) is 6.61 Å². The van der Waals surface area contributed by atoms with Crippen molar-refractivity contribution >= 4 is 34.2 Å². The van der Waals surface area contributed by atoms with Crippen LogP contribution in [-0.2, 0) is 27.1 Å². The average molecular weight is 430 g/mol. The molecule has 1 amide bonds. The summed E-state index contributed by atoms with van der Waals surface area (Å²) in [5.41, 5.74) is 3.87. The van der Waals surface area contributed by atoms with Crippen molar-refractivity contribution in [3.8, 4) is 0 Å². The Morgan fingerprint density at radius 2 is 1.90 bits per heavy atom. The summed E-state index contributed by atoms with van der Waals surface area (Å²) in [7, 11) is 0. The number of carbonyl (C=O) groups excluding carboxylic acids is 3. The van der Waals surface area contributed by atoms with Gasteiger partial charge in [0, 0.05) is 4.88 Å². The van der Waals surface area contributed by atoms with Crippen LogP contribution in [0.1, 0.15) is 62.6 Å². The van der Waals surface area contributed by atoms with Crippen LogP contribution in [0.4, 0.5) is 5.00 Å². The van der Waals surface area contributed by atoms with Crippen molar-refractivity contribution in [3.05, 3.63) is 50.9 Å². The number of benzene rings is 1. The van der Waals surface area contributed by atoms with Crippen molar-refractivity contribution in [2.24, 2.45) is 5.92 Å². The van der Waals surface area contributed by atoms with E-state index in [2.05, 4.69) is 12.2 Å². The van der Waals surface area contributed by atoms with Crippen LogP contribution in [-0.4, -0.2) is 31.1 Å². The van der Waals surface area contributed by atoms with E-state index in [0.29, 0.717) is 22.0 Å². The van der Waals surface area contributed by atoms with Crippen LogP contribution in [0.2, 0.25) is 0 Å². The molecule has 1 atom stereocenters. The largest absolute Gasteiger partial charge is 0.462 e. The molecule has 6 nitrogen and oxygen atoms in total. The lowest BCUT2D eigenvalue weighted by molar-refractivity contribution is -0.119. The number of thiophene rings is 1. The number of hydrogen-bond acceptors (Lipinski definition) is 6. The van der Waals surface area contributed by atoms with E-state index >= 15 is 0 Å². The fraction of sp³-hybridized carbons (Fsp3) is 0.435. The highest BCUT2D eigenvalue weighted by Gasteiger charge is 2.29. The third-order valence-electron chi connectivity index (χ3n) is 5.32. The van der Waals surface area contributed by atoms with Crippen LogP contribution in [0.25, 0.3) is 0 Å². The van der Waals surface area contributed by atoms with Gasteiger partial charge in [0.05, 0.1) is 17.7 Å². The minimum atomic E-state index is -0.557. The Morgan fingerprint density at radius 1 is 1.13 bits per heavy atom. The quantitative estimate of drug-likeness (QED) is 0.686. The van der Waals surface area contributed by atoms with Gasteiger partial charge in [0.2, 0.25) is 0 Å². The Balaban J connectivity index is 1.70. The monoisotopic (exact) mass is 429 g/mol. The first kappa shape index (κ1) is 22.0. The molecular weight excluding hydrogens is 402 g/mol. The number of fused-ring (bicyclic) bond motifs is 1. The minimum Gasteiger partial charge on any atom is -0.462 e. The number of hydrogen-bond donors (Lipinski definition) is 1. The van der Waals surface area contributed by atoms with E-state index in [0.717, 1.165) is 40.8 Å². The number of anilines is 1. The van der Waals surface area contributed by atoms with E-state index in [9.17, 15) is 14.4 Å². The SMILES string of the molecule is CCOC(=O)c1c(NC(=O)COC(=O)c2ccc(C)c(C)c2)sc2c1CC[C@@H](C)C2. The molecule has 0 bridgehead atoms. The molecule has 1 aliphatic rings. The van der Waals surface area contributed by atoms with E-state index in [4.69, 9.17) is 9.47 Å². The molecule has 1 aromatic heterocycles. The van der Waals surface area contributed by atoms with Gasteiger partial charge in [0.15, 0.2) is 6.61 Å². The van der Waals surface area contributed by atoms with E-state index in [1.807, 2.05) is 19.9 Å². The van der Waals surface area contributed by atoms with E-state index < -0.39 is 24.5 Å². The maximum absolute atomic E-state index is 12.5. The zero-order chi connectivity index (χ0) is 21.8. The summed E-state index contributed by atoms with van der Waals surface area (Å²) < 4.78 is 10.4. The number of nitrogens with one attached hydrogen (secondary N) is 1. The summed E-state index contributed by atoms with van der Waals surface area (Å²) in [6.07, 6.45) is 2.67. The molecule has 0 aliphatic heterocycles. The normalized spacial score (nSPS) is 15.3. The average Bonchev–Trinajstić information content (AvgIpc) is 3.05. The van der Waals surface area contributed by atoms with Gasteiger partial charge in [-0.2, -0.15) is 0 Å². The number of aryl methyl sites for hydroxylation is 2. The van der Waals surface area contributed by atoms with Crippen molar-refractivity contribution in [2.75, 3.05) is 18.5 Å². The topological polar surface area (TPSA) is 81.7 Å². The zero-order valence-corrected chi connectivity index (χ0v) is 18.6.